The van der Waals surface area contributed by atoms with E-state index >= 15 is 0 Å². The van der Waals surface area contributed by atoms with Crippen molar-refractivity contribution in [2.24, 2.45) is 23.7 Å². The highest BCUT2D eigenvalue weighted by Gasteiger charge is 2.62. The van der Waals surface area contributed by atoms with Crippen molar-refractivity contribution in [3.63, 3.8) is 0 Å². The highest BCUT2D eigenvalue weighted by molar-refractivity contribution is 5.86. The normalized spacial score (nSPS) is 37.2. The van der Waals surface area contributed by atoms with Crippen LogP contribution in [0.15, 0.2) is 60.7 Å². The van der Waals surface area contributed by atoms with E-state index in [1.54, 1.807) is 0 Å². The second-order valence-electron chi connectivity index (χ2n) is 14.4. The number of nitrogens with zero attached hydrogens (tertiary/aromatic N) is 2. The summed E-state index contributed by atoms with van der Waals surface area (Å²) in [5, 5.41) is 0. The van der Waals surface area contributed by atoms with Gasteiger partial charge in [-0.15, -0.1) is 0 Å². The standard InChI is InChI=1S/C38H46N2O8/c1-39-23-15-17-25(39)31(35(41)45-3)27(19-23)47-37(43)33-29(21-11-7-5-8-12-21)34(30(33)22-13-9-6-10-14-22)38(44)48-28-20-24-16-18-26(40(24)2)32(28)36(42)46-4/h5-14,23-34H,15-20H2,1-4H3/t23-,24-,25+,26+,27+,28+,29?,30?,31+,32+,33?,34?/m0/s1. The molecule has 2 aromatic carbocycles. The molecule has 4 aliphatic heterocycles. The van der Waals surface area contributed by atoms with Gasteiger partial charge in [-0.3, -0.25) is 29.0 Å². The van der Waals surface area contributed by atoms with E-state index in [0.717, 1.165) is 36.8 Å². The van der Waals surface area contributed by atoms with Crippen molar-refractivity contribution in [2.45, 2.75) is 86.7 Å². The number of carbonyl (C=O) groups is 4. The van der Waals surface area contributed by atoms with Crippen LogP contribution in [0.25, 0.3) is 0 Å². The lowest BCUT2D eigenvalue weighted by Crippen LogP contribution is -2.57. The van der Waals surface area contributed by atoms with Gasteiger partial charge in [0.15, 0.2) is 0 Å². The number of carbonyl (C=O) groups excluding carboxylic acids is 4. The van der Waals surface area contributed by atoms with E-state index < -0.39 is 59.7 Å². The molecule has 0 radical (unpaired) electrons. The van der Waals surface area contributed by atoms with Gasteiger partial charge in [-0.1, -0.05) is 60.7 Å². The maximum Gasteiger partial charge on any atom is 0.314 e. The lowest BCUT2D eigenvalue weighted by atomic mass is 9.52. The van der Waals surface area contributed by atoms with Gasteiger partial charge in [0.1, 0.15) is 24.0 Å². The Labute approximate surface area is 282 Å². The van der Waals surface area contributed by atoms with E-state index in [1.807, 2.05) is 74.8 Å². The molecule has 1 saturated carbocycles. The van der Waals surface area contributed by atoms with Crippen molar-refractivity contribution in [1.29, 1.82) is 0 Å². The van der Waals surface area contributed by atoms with Gasteiger partial charge in [0, 0.05) is 48.8 Å². The average Bonchev–Trinajstić information content (AvgIpc) is 3.45. The number of ether oxygens (including phenoxy) is 4. The number of hydrogen-bond acceptors (Lipinski definition) is 10. The van der Waals surface area contributed by atoms with E-state index in [-0.39, 0.29) is 36.1 Å². The monoisotopic (exact) mass is 658 g/mol. The molecule has 8 atom stereocenters. The summed E-state index contributed by atoms with van der Waals surface area (Å²) >= 11 is 0. The first-order chi connectivity index (χ1) is 23.2. The number of methoxy groups -OCH3 is 2. The van der Waals surface area contributed by atoms with Crippen molar-refractivity contribution in [2.75, 3.05) is 28.3 Å². The van der Waals surface area contributed by atoms with Gasteiger partial charge in [-0.25, -0.2) is 0 Å². The third-order valence-electron chi connectivity index (χ3n) is 12.4. The molecule has 0 aromatic heterocycles. The summed E-state index contributed by atoms with van der Waals surface area (Å²) in [6.07, 6.45) is 3.43. The largest absolute Gasteiger partial charge is 0.469 e. The number of hydrogen-bond donors (Lipinski definition) is 0. The molecule has 0 spiro atoms. The fraction of sp³-hybridized carbons (Fsp3) is 0.579. The van der Waals surface area contributed by atoms with Gasteiger partial charge in [0.25, 0.3) is 0 Å². The van der Waals surface area contributed by atoms with Crippen LogP contribution in [0, 0.1) is 23.7 Å². The van der Waals surface area contributed by atoms with Crippen LogP contribution in [0.4, 0.5) is 0 Å². The zero-order valence-electron chi connectivity index (χ0n) is 28.1. The fourth-order valence-electron chi connectivity index (χ4n) is 9.94. The molecule has 4 heterocycles. The average molecular weight is 659 g/mol. The second kappa shape index (κ2) is 13.3. The van der Waals surface area contributed by atoms with Crippen molar-refractivity contribution in [1.82, 2.24) is 9.80 Å². The Hall–Kier alpha value is -3.76. The number of rotatable bonds is 8. The number of piperidine rings is 2. The van der Waals surface area contributed by atoms with E-state index in [0.29, 0.717) is 12.8 Å². The van der Waals surface area contributed by atoms with E-state index in [1.165, 1.54) is 14.2 Å². The summed E-state index contributed by atoms with van der Waals surface area (Å²) in [6.45, 7) is 0. The first kappa shape index (κ1) is 32.8. The number of esters is 4. The van der Waals surface area contributed by atoms with Crippen molar-refractivity contribution in [3.8, 4) is 0 Å². The predicted molar refractivity (Wildman–Crippen MR) is 174 cm³/mol. The Morgan fingerprint density at radius 1 is 0.542 bits per heavy atom. The molecule has 4 saturated heterocycles. The minimum atomic E-state index is -0.687. The van der Waals surface area contributed by atoms with Crippen LogP contribution < -0.4 is 0 Å². The molecular weight excluding hydrogens is 612 g/mol. The molecule has 10 nitrogen and oxygen atoms in total. The van der Waals surface area contributed by atoms with Crippen LogP contribution in [0.2, 0.25) is 0 Å². The van der Waals surface area contributed by atoms with Gasteiger partial charge in [0.2, 0.25) is 0 Å². The number of fused-ring (bicyclic) bond motifs is 4. The third kappa shape index (κ3) is 5.50. The molecule has 0 N–H and O–H groups in total. The molecule has 1 aliphatic carbocycles. The van der Waals surface area contributed by atoms with Crippen LogP contribution >= 0.6 is 0 Å². The molecule has 5 aliphatic rings. The van der Waals surface area contributed by atoms with Gasteiger partial charge in [-0.2, -0.15) is 0 Å². The highest BCUT2D eigenvalue weighted by atomic mass is 16.6. The lowest BCUT2D eigenvalue weighted by molar-refractivity contribution is -0.184. The van der Waals surface area contributed by atoms with Crippen LogP contribution in [0.1, 0.15) is 61.5 Å². The summed E-state index contributed by atoms with van der Waals surface area (Å²) in [5.74, 6) is -5.15. The highest BCUT2D eigenvalue weighted by Crippen LogP contribution is 2.59. The molecule has 2 aromatic rings. The number of benzene rings is 2. The Balaban J connectivity index is 1.21. The molecular formula is C38H46N2O8. The third-order valence-corrected chi connectivity index (χ3v) is 12.4. The lowest BCUT2D eigenvalue weighted by Gasteiger charge is -2.51. The predicted octanol–water partition coefficient (Wildman–Crippen LogP) is 3.94. The summed E-state index contributed by atoms with van der Waals surface area (Å²) in [7, 11) is 6.80. The summed E-state index contributed by atoms with van der Waals surface area (Å²) in [4.78, 5) is 59.6. The summed E-state index contributed by atoms with van der Waals surface area (Å²) < 4.78 is 23.2. The van der Waals surface area contributed by atoms with Crippen LogP contribution in [0.5, 0.6) is 0 Å². The quantitative estimate of drug-likeness (QED) is 0.306. The van der Waals surface area contributed by atoms with Gasteiger partial charge >= 0.3 is 23.9 Å². The van der Waals surface area contributed by atoms with Crippen molar-refractivity contribution in [3.05, 3.63) is 71.8 Å². The maximum absolute atomic E-state index is 14.5. The smallest absolute Gasteiger partial charge is 0.314 e. The Kier molecular flexibility index (Phi) is 9.06. The minimum Gasteiger partial charge on any atom is -0.469 e. The van der Waals surface area contributed by atoms with Crippen molar-refractivity contribution >= 4 is 23.9 Å². The zero-order valence-corrected chi connectivity index (χ0v) is 28.1. The molecule has 4 bridgehead atoms. The summed E-state index contributed by atoms with van der Waals surface area (Å²) in [5.41, 5.74) is 1.68. The topological polar surface area (TPSA) is 112 Å². The van der Waals surface area contributed by atoms with E-state index in [4.69, 9.17) is 18.9 Å². The first-order valence-corrected chi connectivity index (χ1v) is 17.3. The molecule has 256 valence electrons. The SMILES string of the molecule is COC(=O)[C@@H]1[C@H]2CC[C@@H](C[C@H]1OC(=O)C1C(c3ccccc3)C(C(=O)O[C@@H]3C[C@@H]4CC[C@H]([C@H]3C(=O)OC)N4C)C1c1ccccc1)N2C. The van der Waals surface area contributed by atoms with Crippen LogP contribution in [0.3, 0.4) is 0 Å². The van der Waals surface area contributed by atoms with Crippen LogP contribution in [-0.2, 0) is 38.1 Å². The van der Waals surface area contributed by atoms with Gasteiger partial charge in [-0.05, 0) is 50.9 Å². The fourth-order valence-corrected chi connectivity index (χ4v) is 9.94. The summed E-state index contributed by atoms with van der Waals surface area (Å²) in [6, 6.07) is 19.5. The molecule has 0 unspecified atom stereocenters. The van der Waals surface area contributed by atoms with Crippen LogP contribution in [-0.4, -0.2) is 98.4 Å². The van der Waals surface area contributed by atoms with E-state index in [9.17, 15) is 19.2 Å². The van der Waals surface area contributed by atoms with Gasteiger partial charge < -0.3 is 18.9 Å². The first-order valence-electron chi connectivity index (χ1n) is 17.3. The molecule has 5 fully saturated rings. The zero-order chi connectivity index (χ0) is 33.7. The van der Waals surface area contributed by atoms with Gasteiger partial charge in [0.05, 0.1) is 26.1 Å². The van der Waals surface area contributed by atoms with Crippen molar-refractivity contribution < 1.29 is 38.1 Å². The Morgan fingerprint density at radius 3 is 1.27 bits per heavy atom. The second-order valence-corrected chi connectivity index (χ2v) is 14.4. The maximum atomic E-state index is 14.5. The Bertz CT molecular complexity index is 1400. The minimum absolute atomic E-state index is 0.0551. The Morgan fingerprint density at radius 2 is 0.917 bits per heavy atom. The molecule has 10 heteroatoms. The molecule has 48 heavy (non-hydrogen) atoms. The molecule has 0 amide bonds. The molecule has 7 rings (SSSR count). The van der Waals surface area contributed by atoms with E-state index in [2.05, 4.69) is 9.80 Å².